The number of carbonyl (C=O) groups excluding carboxylic acids is 2. The first-order valence-electron chi connectivity index (χ1n) is 14.7. The molecule has 0 spiro atoms. The third-order valence-electron chi connectivity index (χ3n) is 7.72. The van der Waals surface area contributed by atoms with Crippen LogP contribution in [0.1, 0.15) is 26.7 Å². The maximum atomic E-state index is 12.0. The van der Waals surface area contributed by atoms with E-state index >= 15 is 0 Å². The van der Waals surface area contributed by atoms with E-state index in [9.17, 15) is 55.5 Å². The number of carbonyl (C=O) groups is 2. The van der Waals surface area contributed by atoms with E-state index in [2.05, 4.69) is 10.6 Å². The van der Waals surface area contributed by atoms with Crippen molar-refractivity contribution in [1.82, 2.24) is 10.6 Å². The van der Waals surface area contributed by atoms with Gasteiger partial charge in [-0.25, -0.2) is 0 Å². The molecule has 15 atom stereocenters. The Morgan fingerprint density at radius 3 is 1.82 bits per heavy atom. The van der Waals surface area contributed by atoms with Crippen LogP contribution < -0.4 is 10.6 Å². The molecule has 2 amide bonds. The van der Waals surface area contributed by atoms with E-state index in [0.29, 0.717) is 19.4 Å². The number of nitrogens with one attached hydrogen (secondary N) is 2. The molecule has 3 aliphatic rings. The molecule has 19 heteroatoms. The van der Waals surface area contributed by atoms with Crippen molar-refractivity contribution in [3.05, 3.63) is 0 Å². The van der Waals surface area contributed by atoms with Crippen molar-refractivity contribution in [2.45, 2.75) is 119 Å². The SMILES string of the molecule is CCC(=O)NCCCOC1OC(CO)C(OC2OC(CO)C(O)C(OC3OC(CO)C(O)C(O)C3O)C2O)C(O)C1NC(C)=O. The largest absolute Gasteiger partial charge is 0.394 e. The zero-order chi connectivity index (χ0) is 33.4. The van der Waals surface area contributed by atoms with Gasteiger partial charge in [0.05, 0.1) is 26.4 Å². The normalized spacial score (nSPS) is 42.2. The Morgan fingerprint density at radius 1 is 0.689 bits per heavy atom. The van der Waals surface area contributed by atoms with Gasteiger partial charge < -0.3 is 85.0 Å². The summed E-state index contributed by atoms with van der Waals surface area (Å²) in [5, 5.41) is 98.1. The molecule has 15 unspecified atom stereocenters. The maximum absolute atomic E-state index is 12.0. The quantitative estimate of drug-likeness (QED) is 0.0773. The van der Waals surface area contributed by atoms with E-state index < -0.39 is 118 Å². The van der Waals surface area contributed by atoms with E-state index in [-0.39, 0.29) is 12.5 Å². The summed E-state index contributed by atoms with van der Waals surface area (Å²) in [6.07, 6.45) is -22.3. The highest BCUT2D eigenvalue weighted by atomic mass is 16.8. The van der Waals surface area contributed by atoms with Crippen LogP contribution in [0.25, 0.3) is 0 Å². The molecule has 0 aromatic heterocycles. The first kappa shape index (κ1) is 37.8. The smallest absolute Gasteiger partial charge is 0.219 e. The Balaban J connectivity index is 1.75. The van der Waals surface area contributed by atoms with Gasteiger partial charge in [0, 0.05) is 19.9 Å². The van der Waals surface area contributed by atoms with Crippen LogP contribution >= 0.6 is 0 Å². The molecule has 19 nitrogen and oxygen atoms in total. The Labute approximate surface area is 258 Å². The minimum Gasteiger partial charge on any atom is -0.394 e. The Hall–Kier alpha value is -1.66. The number of hydrogen-bond acceptors (Lipinski definition) is 17. The summed E-state index contributed by atoms with van der Waals surface area (Å²) in [6, 6.07) is -1.25. The lowest BCUT2D eigenvalue weighted by molar-refractivity contribution is -0.376. The predicted molar refractivity (Wildman–Crippen MR) is 145 cm³/mol. The van der Waals surface area contributed by atoms with Gasteiger partial charge in [-0.15, -0.1) is 0 Å². The molecule has 0 aromatic rings. The van der Waals surface area contributed by atoms with E-state index in [0.717, 1.165) is 0 Å². The third-order valence-corrected chi connectivity index (χ3v) is 7.72. The molecule has 3 heterocycles. The van der Waals surface area contributed by atoms with Crippen molar-refractivity contribution in [3.8, 4) is 0 Å². The number of rotatable bonds is 14. The highest BCUT2D eigenvalue weighted by Gasteiger charge is 2.54. The first-order chi connectivity index (χ1) is 21.4. The average Bonchev–Trinajstić information content (AvgIpc) is 3.02. The summed E-state index contributed by atoms with van der Waals surface area (Å²) >= 11 is 0. The zero-order valence-electron chi connectivity index (χ0n) is 24.9. The summed E-state index contributed by atoms with van der Waals surface area (Å²) in [4.78, 5) is 23.4. The van der Waals surface area contributed by atoms with Gasteiger partial charge in [-0.3, -0.25) is 9.59 Å². The summed E-state index contributed by atoms with van der Waals surface area (Å²) < 4.78 is 33.7. The van der Waals surface area contributed by atoms with Crippen molar-refractivity contribution < 1.29 is 84.0 Å². The maximum Gasteiger partial charge on any atom is 0.219 e. The summed E-state index contributed by atoms with van der Waals surface area (Å²) in [6.45, 7) is 0.888. The van der Waals surface area contributed by atoms with Gasteiger partial charge in [-0.05, 0) is 6.42 Å². The van der Waals surface area contributed by atoms with Crippen LogP contribution in [-0.2, 0) is 38.0 Å². The fraction of sp³-hybridized carbons (Fsp3) is 0.923. The molecule has 45 heavy (non-hydrogen) atoms. The molecule has 0 aromatic carbocycles. The highest BCUT2D eigenvalue weighted by molar-refractivity contribution is 5.75. The molecule has 3 rings (SSSR count). The lowest BCUT2D eigenvalue weighted by Gasteiger charge is -2.48. The fourth-order valence-corrected chi connectivity index (χ4v) is 5.21. The second kappa shape index (κ2) is 17.5. The van der Waals surface area contributed by atoms with Crippen LogP contribution in [0, 0.1) is 0 Å². The van der Waals surface area contributed by atoms with Gasteiger partial charge >= 0.3 is 0 Å². The molecule has 0 bridgehead atoms. The van der Waals surface area contributed by atoms with Crippen LogP contribution in [-0.4, -0.2) is 183 Å². The minimum atomic E-state index is -1.92. The zero-order valence-corrected chi connectivity index (χ0v) is 24.9. The molecule has 3 saturated heterocycles. The van der Waals surface area contributed by atoms with E-state index in [1.165, 1.54) is 6.92 Å². The van der Waals surface area contributed by atoms with Crippen molar-refractivity contribution in [3.63, 3.8) is 0 Å². The Bertz CT molecular complexity index is 932. The van der Waals surface area contributed by atoms with Crippen LogP contribution in [0.3, 0.4) is 0 Å². The number of amides is 2. The number of aliphatic hydroxyl groups excluding tert-OH is 9. The first-order valence-corrected chi connectivity index (χ1v) is 14.7. The fourth-order valence-electron chi connectivity index (χ4n) is 5.21. The molecular formula is C26H46N2O17. The lowest BCUT2D eigenvalue weighted by Crippen LogP contribution is -2.68. The Morgan fingerprint density at radius 2 is 1.24 bits per heavy atom. The van der Waals surface area contributed by atoms with Gasteiger partial charge in [0.25, 0.3) is 0 Å². The van der Waals surface area contributed by atoms with Gasteiger partial charge in [0.15, 0.2) is 18.9 Å². The third kappa shape index (κ3) is 9.24. The van der Waals surface area contributed by atoms with Crippen LogP contribution in [0.2, 0.25) is 0 Å². The molecule has 0 saturated carbocycles. The summed E-state index contributed by atoms with van der Waals surface area (Å²) in [5.41, 5.74) is 0. The number of ether oxygens (including phenoxy) is 6. The van der Waals surface area contributed by atoms with E-state index in [4.69, 9.17) is 28.4 Å². The van der Waals surface area contributed by atoms with Crippen LogP contribution in [0.5, 0.6) is 0 Å². The second-order valence-corrected chi connectivity index (χ2v) is 11.0. The average molecular weight is 659 g/mol. The number of hydrogen-bond donors (Lipinski definition) is 11. The Kier molecular flexibility index (Phi) is 14.7. The molecular weight excluding hydrogens is 612 g/mol. The van der Waals surface area contributed by atoms with Gasteiger partial charge in [0.2, 0.25) is 11.8 Å². The molecule has 3 fully saturated rings. The van der Waals surface area contributed by atoms with E-state index in [1.54, 1.807) is 6.92 Å². The second-order valence-electron chi connectivity index (χ2n) is 11.0. The topological polar surface area (TPSA) is 296 Å². The monoisotopic (exact) mass is 658 g/mol. The molecule has 3 aliphatic heterocycles. The van der Waals surface area contributed by atoms with Crippen molar-refractivity contribution in [2.24, 2.45) is 0 Å². The van der Waals surface area contributed by atoms with Gasteiger partial charge in [-0.2, -0.15) is 0 Å². The highest BCUT2D eigenvalue weighted by Crippen LogP contribution is 2.32. The van der Waals surface area contributed by atoms with Crippen LogP contribution in [0.4, 0.5) is 0 Å². The molecule has 262 valence electrons. The molecule has 11 N–H and O–H groups in total. The summed E-state index contributed by atoms with van der Waals surface area (Å²) in [7, 11) is 0. The van der Waals surface area contributed by atoms with Crippen molar-refractivity contribution in [1.29, 1.82) is 0 Å². The van der Waals surface area contributed by atoms with Crippen molar-refractivity contribution in [2.75, 3.05) is 33.0 Å². The van der Waals surface area contributed by atoms with Crippen LogP contribution in [0.15, 0.2) is 0 Å². The standard InChI is InChI=1S/C26H46N2O17/c1-3-14(33)27-5-4-6-40-24-15(28-10(2)32)18(36)22(13(9-31)43-24)44-26-21(39)23(17(35)12(8-30)42-26)45-25-20(38)19(37)16(34)11(7-29)41-25/h11-13,15-26,29-31,34-39H,3-9H2,1-2H3,(H,27,33)(H,28,32). The lowest BCUT2D eigenvalue weighted by atomic mass is 9.95. The van der Waals surface area contributed by atoms with Gasteiger partial charge in [0.1, 0.15) is 73.2 Å². The predicted octanol–water partition coefficient (Wildman–Crippen LogP) is -6.49. The van der Waals surface area contributed by atoms with E-state index in [1.807, 2.05) is 0 Å². The minimum absolute atomic E-state index is 0.0403. The summed E-state index contributed by atoms with van der Waals surface area (Å²) in [5.74, 6) is -0.724. The number of aliphatic hydroxyl groups is 9. The van der Waals surface area contributed by atoms with Gasteiger partial charge in [-0.1, -0.05) is 6.92 Å². The molecule has 0 radical (unpaired) electrons. The van der Waals surface area contributed by atoms with Crippen molar-refractivity contribution >= 4 is 11.8 Å². The molecule has 0 aliphatic carbocycles.